The van der Waals surface area contributed by atoms with Crippen LogP contribution in [-0.4, -0.2) is 0 Å². The molecule has 0 spiro atoms. The molecule has 0 saturated heterocycles. The molecule has 0 aromatic heterocycles. The van der Waals surface area contributed by atoms with Gasteiger partial charge >= 0.3 is 0 Å². The fourth-order valence-electron chi connectivity index (χ4n) is 5.20. The molecule has 4 aromatic rings. The van der Waals surface area contributed by atoms with Crippen molar-refractivity contribution in [3.63, 3.8) is 0 Å². The average molecular weight is 477 g/mol. The van der Waals surface area contributed by atoms with E-state index in [1.54, 1.807) is 0 Å². The first-order chi connectivity index (χ1) is 15.7. The molecule has 0 heterocycles. The molecule has 0 saturated carbocycles. The second-order valence-electron chi connectivity index (χ2n) is 8.17. The van der Waals surface area contributed by atoms with Crippen molar-refractivity contribution in [2.45, 2.75) is 19.3 Å². The number of allylic oxidation sites excluding steroid dienone is 4. The Morgan fingerprint density at radius 2 is 1.34 bits per heavy atom. The lowest BCUT2D eigenvalue weighted by Crippen LogP contribution is -2.29. The number of hydrogen-bond donors (Lipinski definition) is 0. The molecule has 32 heavy (non-hydrogen) atoms. The van der Waals surface area contributed by atoms with Crippen LogP contribution >= 0.6 is 15.9 Å². The minimum absolute atomic E-state index is 0.347. The first-order valence-electron chi connectivity index (χ1n) is 11.1. The highest BCUT2D eigenvalue weighted by molar-refractivity contribution is 9.10. The van der Waals surface area contributed by atoms with Gasteiger partial charge in [-0.05, 0) is 76.6 Å². The second-order valence-corrected chi connectivity index (χ2v) is 9.09. The van der Waals surface area contributed by atoms with Crippen molar-refractivity contribution < 1.29 is 0 Å². The molecule has 1 heteroatoms. The standard InChI is InChI=1S/C31H25Br/c1-3-10-24(4-2)31(25-11-6-5-7-12-25)29-14-9-8-13-27(29)28-20-17-23(21-30(28)31)22-15-18-26(32)19-16-22/h3-21H,1-2H3/b10-3-,24-4+. The third-order valence-electron chi connectivity index (χ3n) is 6.52. The van der Waals surface area contributed by atoms with Crippen LogP contribution in [0, 0.1) is 0 Å². The van der Waals surface area contributed by atoms with E-state index in [1.807, 2.05) is 0 Å². The Morgan fingerprint density at radius 1 is 0.688 bits per heavy atom. The third-order valence-corrected chi connectivity index (χ3v) is 7.05. The van der Waals surface area contributed by atoms with Gasteiger partial charge in [0.25, 0.3) is 0 Å². The first kappa shape index (κ1) is 20.7. The molecule has 1 aliphatic carbocycles. The van der Waals surface area contributed by atoms with Crippen molar-refractivity contribution in [3.8, 4) is 22.3 Å². The highest BCUT2D eigenvalue weighted by Gasteiger charge is 2.46. The fourth-order valence-corrected chi connectivity index (χ4v) is 5.46. The molecule has 0 bridgehead atoms. The van der Waals surface area contributed by atoms with Crippen molar-refractivity contribution in [1.82, 2.24) is 0 Å². The van der Waals surface area contributed by atoms with Gasteiger partial charge in [0.05, 0.1) is 5.41 Å². The lowest BCUT2D eigenvalue weighted by molar-refractivity contribution is 0.765. The molecule has 0 amide bonds. The quantitative estimate of drug-likeness (QED) is 0.257. The van der Waals surface area contributed by atoms with Crippen LogP contribution in [0.25, 0.3) is 22.3 Å². The summed E-state index contributed by atoms with van der Waals surface area (Å²) in [4.78, 5) is 0. The summed E-state index contributed by atoms with van der Waals surface area (Å²) in [5, 5.41) is 0. The third kappa shape index (κ3) is 3.12. The Kier molecular flexibility index (Phi) is 5.45. The molecule has 156 valence electrons. The summed E-state index contributed by atoms with van der Waals surface area (Å²) >= 11 is 3.57. The molecule has 0 N–H and O–H groups in total. The molecule has 1 aliphatic rings. The minimum atomic E-state index is -0.347. The SMILES string of the molecule is C/C=C\C(=C/C)C1(c2ccccc2)c2ccccc2-c2ccc(-c3ccc(Br)cc3)cc21. The van der Waals surface area contributed by atoms with Crippen molar-refractivity contribution in [2.75, 3.05) is 0 Å². The van der Waals surface area contributed by atoms with Gasteiger partial charge in [0.2, 0.25) is 0 Å². The zero-order valence-electron chi connectivity index (χ0n) is 18.3. The van der Waals surface area contributed by atoms with Crippen LogP contribution in [0.2, 0.25) is 0 Å². The van der Waals surface area contributed by atoms with E-state index in [0.717, 1.165) is 4.47 Å². The van der Waals surface area contributed by atoms with E-state index in [2.05, 4.69) is 145 Å². The normalized spacial score (nSPS) is 17.4. The first-order valence-corrected chi connectivity index (χ1v) is 11.8. The smallest absolute Gasteiger partial charge is 0.0710 e. The predicted octanol–water partition coefficient (Wildman–Crippen LogP) is 8.95. The predicted molar refractivity (Wildman–Crippen MR) is 140 cm³/mol. The Balaban J connectivity index is 1.88. The van der Waals surface area contributed by atoms with Gasteiger partial charge in [-0.25, -0.2) is 0 Å². The maximum Gasteiger partial charge on any atom is 0.0710 e. The number of halogens is 1. The molecule has 0 nitrogen and oxygen atoms in total. The summed E-state index contributed by atoms with van der Waals surface area (Å²) in [5.41, 5.74) is 10.0. The lowest BCUT2D eigenvalue weighted by atomic mass is 9.66. The summed E-state index contributed by atoms with van der Waals surface area (Å²) < 4.78 is 1.10. The van der Waals surface area contributed by atoms with Crippen LogP contribution in [-0.2, 0) is 5.41 Å². The number of fused-ring (bicyclic) bond motifs is 3. The highest BCUT2D eigenvalue weighted by atomic mass is 79.9. The second kappa shape index (κ2) is 8.41. The minimum Gasteiger partial charge on any atom is -0.0873 e. The summed E-state index contributed by atoms with van der Waals surface area (Å²) in [5.74, 6) is 0. The van der Waals surface area contributed by atoms with Gasteiger partial charge in [0.15, 0.2) is 0 Å². The Hall–Kier alpha value is -3.16. The number of hydrogen-bond acceptors (Lipinski definition) is 0. The van der Waals surface area contributed by atoms with Crippen LogP contribution in [0.15, 0.2) is 125 Å². The van der Waals surface area contributed by atoms with Crippen LogP contribution in [0.5, 0.6) is 0 Å². The van der Waals surface area contributed by atoms with Gasteiger partial charge < -0.3 is 0 Å². The van der Waals surface area contributed by atoms with Crippen LogP contribution in [0.4, 0.5) is 0 Å². The van der Waals surface area contributed by atoms with Crippen molar-refractivity contribution in [3.05, 3.63) is 142 Å². The Bertz CT molecular complexity index is 1330. The van der Waals surface area contributed by atoms with Crippen LogP contribution in [0.3, 0.4) is 0 Å². The van der Waals surface area contributed by atoms with E-state index in [0.29, 0.717) is 0 Å². The van der Waals surface area contributed by atoms with E-state index < -0.39 is 0 Å². The molecule has 1 unspecified atom stereocenters. The van der Waals surface area contributed by atoms with E-state index in [1.165, 1.54) is 44.5 Å². The van der Waals surface area contributed by atoms with Crippen molar-refractivity contribution in [2.24, 2.45) is 0 Å². The number of rotatable bonds is 4. The van der Waals surface area contributed by atoms with Crippen LogP contribution in [0.1, 0.15) is 30.5 Å². The van der Waals surface area contributed by atoms with Gasteiger partial charge in [-0.3, -0.25) is 0 Å². The monoisotopic (exact) mass is 476 g/mol. The summed E-state index contributed by atoms with van der Waals surface area (Å²) in [7, 11) is 0. The van der Waals surface area contributed by atoms with Gasteiger partial charge in [-0.2, -0.15) is 0 Å². The fraction of sp³-hybridized carbons (Fsp3) is 0.0968. The van der Waals surface area contributed by atoms with Crippen molar-refractivity contribution in [1.29, 1.82) is 0 Å². The average Bonchev–Trinajstić information content (AvgIpc) is 3.14. The van der Waals surface area contributed by atoms with Gasteiger partial charge in [-0.1, -0.05) is 113 Å². The summed E-state index contributed by atoms with van der Waals surface area (Å²) in [6, 6.07) is 35.4. The highest BCUT2D eigenvalue weighted by Crippen LogP contribution is 2.57. The van der Waals surface area contributed by atoms with E-state index >= 15 is 0 Å². The van der Waals surface area contributed by atoms with Gasteiger partial charge in [0.1, 0.15) is 0 Å². The molecular formula is C31H25Br. The van der Waals surface area contributed by atoms with Crippen molar-refractivity contribution >= 4 is 15.9 Å². The van der Waals surface area contributed by atoms with E-state index in [9.17, 15) is 0 Å². The van der Waals surface area contributed by atoms with Crippen LogP contribution < -0.4 is 0 Å². The zero-order valence-corrected chi connectivity index (χ0v) is 19.9. The van der Waals surface area contributed by atoms with E-state index in [4.69, 9.17) is 0 Å². The zero-order chi connectivity index (χ0) is 22.1. The molecule has 0 radical (unpaired) electrons. The van der Waals surface area contributed by atoms with E-state index in [-0.39, 0.29) is 5.41 Å². The number of benzene rings is 4. The Labute approximate surface area is 199 Å². The van der Waals surface area contributed by atoms with Gasteiger partial charge in [-0.15, -0.1) is 0 Å². The largest absolute Gasteiger partial charge is 0.0873 e. The summed E-state index contributed by atoms with van der Waals surface area (Å²) in [6.45, 7) is 4.25. The molecule has 1 atom stereocenters. The summed E-state index contributed by atoms with van der Waals surface area (Å²) in [6.07, 6.45) is 6.69. The Morgan fingerprint density at radius 3 is 2.06 bits per heavy atom. The molecule has 0 aliphatic heterocycles. The topological polar surface area (TPSA) is 0 Å². The molecule has 5 rings (SSSR count). The maximum absolute atomic E-state index is 3.57. The molecule has 0 fully saturated rings. The lowest BCUT2D eigenvalue weighted by Gasteiger charge is -2.35. The van der Waals surface area contributed by atoms with Gasteiger partial charge in [0, 0.05) is 4.47 Å². The molecule has 4 aromatic carbocycles. The maximum atomic E-state index is 3.57. The molecular weight excluding hydrogens is 452 g/mol.